The average molecular weight is 228 g/mol. The Balaban J connectivity index is 2.23. The van der Waals surface area contributed by atoms with E-state index < -0.39 is 0 Å². The molecule has 0 spiro atoms. The molecule has 1 fully saturated rings. The minimum Gasteiger partial charge on any atom is -0.381 e. The lowest BCUT2D eigenvalue weighted by Crippen LogP contribution is -2.46. The van der Waals surface area contributed by atoms with Crippen molar-refractivity contribution in [3.05, 3.63) is 0 Å². The van der Waals surface area contributed by atoms with Crippen LogP contribution in [-0.4, -0.2) is 37.1 Å². The minimum absolute atomic E-state index is 0.0343. The van der Waals surface area contributed by atoms with Crippen LogP contribution in [0.4, 0.5) is 0 Å². The van der Waals surface area contributed by atoms with Gasteiger partial charge >= 0.3 is 0 Å². The quantitative estimate of drug-likeness (QED) is 0.717. The van der Waals surface area contributed by atoms with Crippen molar-refractivity contribution in [2.75, 3.05) is 19.8 Å². The van der Waals surface area contributed by atoms with Crippen LogP contribution in [0, 0.1) is 5.92 Å². The summed E-state index contributed by atoms with van der Waals surface area (Å²) in [5, 5.41) is 5.40. The Morgan fingerprint density at radius 2 is 2.06 bits per heavy atom. The van der Waals surface area contributed by atoms with E-state index in [2.05, 4.69) is 10.6 Å². The van der Waals surface area contributed by atoms with Gasteiger partial charge in [-0.1, -0.05) is 0 Å². The summed E-state index contributed by atoms with van der Waals surface area (Å²) in [5.41, 5.74) is -0.266. The number of hydrogen-bond acceptors (Lipinski definition) is 3. The lowest BCUT2D eigenvalue weighted by atomic mass is 10.1. The van der Waals surface area contributed by atoms with Gasteiger partial charge in [0.1, 0.15) is 0 Å². The molecule has 92 valence electrons. The molecule has 5 heteroatoms. The van der Waals surface area contributed by atoms with E-state index in [0.29, 0.717) is 13.2 Å². The topological polar surface area (TPSA) is 67.4 Å². The van der Waals surface area contributed by atoms with Crippen LogP contribution >= 0.6 is 0 Å². The molecule has 0 radical (unpaired) electrons. The maximum atomic E-state index is 11.5. The van der Waals surface area contributed by atoms with Gasteiger partial charge in [0.15, 0.2) is 0 Å². The van der Waals surface area contributed by atoms with Crippen LogP contribution in [-0.2, 0) is 14.3 Å². The molecule has 2 N–H and O–H groups in total. The van der Waals surface area contributed by atoms with Crippen molar-refractivity contribution in [3.63, 3.8) is 0 Å². The van der Waals surface area contributed by atoms with Crippen LogP contribution in [0.2, 0.25) is 0 Å². The second kappa shape index (κ2) is 5.30. The van der Waals surface area contributed by atoms with Crippen molar-refractivity contribution >= 4 is 11.8 Å². The maximum absolute atomic E-state index is 11.5. The lowest BCUT2D eigenvalue weighted by molar-refractivity contribution is -0.129. The Kier molecular flexibility index (Phi) is 4.29. The van der Waals surface area contributed by atoms with Gasteiger partial charge in [0.25, 0.3) is 0 Å². The van der Waals surface area contributed by atoms with Crippen molar-refractivity contribution in [3.8, 4) is 0 Å². The largest absolute Gasteiger partial charge is 0.381 e. The van der Waals surface area contributed by atoms with Gasteiger partial charge in [-0.05, 0) is 27.2 Å². The molecule has 2 amide bonds. The third-order valence-electron chi connectivity index (χ3n) is 2.24. The lowest BCUT2D eigenvalue weighted by Gasteiger charge is -2.20. The SMILES string of the molecule is CC(C)(C)NC(=O)CNC(=O)C1CCOC1. The van der Waals surface area contributed by atoms with Gasteiger partial charge in [0.05, 0.1) is 19.1 Å². The fourth-order valence-electron chi connectivity index (χ4n) is 1.52. The van der Waals surface area contributed by atoms with Gasteiger partial charge in [0.2, 0.25) is 11.8 Å². The van der Waals surface area contributed by atoms with Crippen LogP contribution in [0.3, 0.4) is 0 Å². The smallest absolute Gasteiger partial charge is 0.239 e. The first-order chi connectivity index (χ1) is 7.38. The highest BCUT2D eigenvalue weighted by molar-refractivity contribution is 5.86. The van der Waals surface area contributed by atoms with Gasteiger partial charge in [0, 0.05) is 12.1 Å². The van der Waals surface area contributed by atoms with E-state index in [4.69, 9.17) is 4.74 Å². The molecule has 1 heterocycles. The Morgan fingerprint density at radius 1 is 1.38 bits per heavy atom. The Hall–Kier alpha value is -1.10. The van der Waals surface area contributed by atoms with Crippen LogP contribution in [0.15, 0.2) is 0 Å². The number of carbonyl (C=O) groups is 2. The second-order valence-corrected chi connectivity index (χ2v) is 5.08. The molecule has 1 unspecified atom stereocenters. The summed E-state index contributed by atoms with van der Waals surface area (Å²) in [5.74, 6) is -0.358. The van der Waals surface area contributed by atoms with E-state index in [9.17, 15) is 9.59 Å². The highest BCUT2D eigenvalue weighted by atomic mass is 16.5. The molecule has 1 aliphatic rings. The molecule has 0 bridgehead atoms. The summed E-state index contributed by atoms with van der Waals surface area (Å²) in [6.07, 6.45) is 0.743. The molecule has 1 atom stereocenters. The van der Waals surface area contributed by atoms with Crippen molar-refractivity contribution in [1.29, 1.82) is 0 Å². The maximum Gasteiger partial charge on any atom is 0.239 e. The Labute approximate surface area is 95.9 Å². The fourth-order valence-corrected chi connectivity index (χ4v) is 1.52. The Morgan fingerprint density at radius 3 is 2.56 bits per heavy atom. The summed E-state index contributed by atoms with van der Waals surface area (Å²) in [6.45, 7) is 6.83. The monoisotopic (exact) mass is 228 g/mol. The van der Waals surface area contributed by atoms with Crippen molar-refractivity contribution in [2.45, 2.75) is 32.7 Å². The number of hydrogen-bond donors (Lipinski definition) is 2. The number of rotatable bonds is 3. The summed E-state index contributed by atoms with van der Waals surface area (Å²) in [4.78, 5) is 23.0. The predicted molar refractivity (Wildman–Crippen MR) is 59.8 cm³/mol. The first kappa shape index (κ1) is 13.0. The van der Waals surface area contributed by atoms with E-state index in [1.54, 1.807) is 0 Å². The fraction of sp³-hybridized carbons (Fsp3) is 0.818. The van der Waals surface area contributed by atoms with E-state index in [1.165, 1.54) is 0 Å². The van der Waals surface area contributed by atoms with Crippen LogP contribution < -0.4 is 10.6 Å². The summed E-state index contributed by atoms with van der Waals surface area (Å²) in [6, 6.07) is 0. The minimum atomic E-state index is -0.266. The van der Waals surface area contributed by atoms with E-state index in [-0.39, 0.29) is 29.8 Å². The van der Waals surface area contributed by atoms with Crippen molar-refractivity contribution < 1.29 is 14.3 Å². The number of ether oxygens (including phenoxy) is 1. The highest BCUT2D eigenvalue weighted by Gasteiger charge is 2.24. The van der Waals surface area contributed by atoms with E-state index in [0.717, 1.165) is 6.42 Å². The van der Waals surface area contributed by atoms with Gasteiger partial charge in [-0.2, -0.15) is 0 Å². The molecule has 0 aromatic rings. The second-order valence-electron chi connectivity index (χ2n) is 5.08. The molecule has 0 saturated carbocycles. The summed E-state index contributed by atoms with van der Waals surface area (Å²) < 4.78 is 5.10. The molecular formula is C11H20N2O3. The van der Waals surface area contributed by atoms with Gasteiger partial charge in [-0.25, -0.2) is 0 Å². The van der Waals surface area contributed by atoms with E-state index in [1.807, 2.05) is 20.8 Å². The standard InChI is InChI=1S/C11H20N2O3/c1-11(2,3)13-9(14)6-12-10(15)8-4-5-16-7-8/h8H,4-7H2,1-3H3,(H,12,15)(H,13,14). The van der Waals surface area contributed by atoms with Gasteiger partial charge in [-0.15, -0.1) is 0 Å². The molecule has 1 aliphatic heterocycles. The zero-order valence-electron chi connectivity index (χ0n) is 10.1. The molecule has 5 nitrogen and oxygen atoms in total. The van der Waals surface area contributed by atoms with Gasteiger partial charge in [-0.3, -0.25) is 9.59 Å². The molecule has 1 rings (SSSR count). The number of nitrogens with one attached hydrogen (secondary N) is 2. The molecule has 0 aromatic carbocycles. The zero-order valence-corrected chi connectivity index (χ0v) is 10.1. The normalized spacial score (nSPS) is 20.6. The van der Waals surface area contributed by atoms with Crippen LogP contribution in [0.5, 0.6) is 0 Å². The molecule has 16 heavy (non-hydrogen) atoms. The molecule has 0 aliphatic carbocycles. The molecule has 1 saturated heterocycles. The first-order valence-electron chi connectivity index (χ1n) is 5.55. The predicted octanol–water partition coefficient (Wildman–Crippen LogP) is 0.0538. The number of amides is 2. The number of carbonyl (C=O) groups excluding carboxylic acids is 2. The third kappa shape index (κ3) is 4.61. The van der Waals surface area contributed by atoms with Crippen LogP contribution in [0.1, 0.15) is 27.2 Å². The van der Waals surface area contributed by atoms with Gasteiger partial charge < -0.3 is 15.4 Å². The summed E-state index contributed by atoms with van der Waals surface area (Å²) >= 11 is 0. The van der Waals surface area contributed by atoms with E-state index >= 15 is 0 Å². The third-order valence-corrected chi connectivity index (χ3v) is 2.24. The van der Waals surface area contributed by atoms with Crippen molar-refractivity contribution in [2.24, 2.45) is 5.92 Å². The highest BCUT2D eigenvalue weighted by Crippen LogP contribution is 2.11. The summed E-state index contributed by atoms with van der Waals surface area (Å²) in [7, 11) is 0. The average Bonchev–Trinajstić information content (AvgIpc) is 2.64. The molecule has 0 aromatic heterocycles. The Bertz CT molecular complexity index is 265. The molecular weight excluding hydrogens is 208 g/mol. The zero-order chi connectivity index (χ0) is 12.2. The van der Waals surface area contributed by atoms with Crippen molar-refractivity contribution in [1.82, 2.24) is 10.6 Å². The first-order valence-corrected chi connectivity index (χ1v) is 5.55. The van der Waals surface area contributed by atoms with Crippen LogP contribution in [0.25, 0.3) is 0 Å².